The molecule has 54 heavy (non-hydrogen) atoms. The number of allylic oxidation sites excluding steroid dienone is 2. The number of carbonyl (C=O) groups excluding carboxylic acids is 2. The summed E-state index contributed by atoms with van der Waals surface area (Å²) in [6.45, 7) is 34.7. The average molecular weight is 848 g/mol. The van der Waals surface area contributed by atoms with Gasteiger partial charge in [-0.2, -0.15) is 0 Å². The molecule has 302 valence electrons. The fraction of sp³-hybridized carbons (Fsp3) is 0.550. The van der Waals surface area contributed by atoms with Crippen molar-refractivity contribution in [2.45, 2.75) is 118 Å². The predicted octanol–water partition coefficient (Wildman–Crippen LogP) is 11.0. The quantitative estimate of drug-likeness (QED) is 0.0306. The van der Waals surface area contributed by atoms with Gasteiger partial charge in [-0.15, -0.1) is 0 Å². The molecule has 0 bridgehead atoms. The van der Waals surface area contributed by atoms with Crippen LogP contribution in [0.1, 0.15) is 25.0 Å². The van der Waals surface area contributed by atoms with Crippen LogP contribution in [0.2, 0.25) is 104 Å². The smallest absolute Gasteiger partial charge is 0.345 e. The lowest BCUT2D eigenvalue weighted by atomic mass is 9.97. The first-order chi connectivity index (χ1) is 24.6. The van der Waals surface area contributed by atoms with E-state index in [4.69, 9.17) is 25.9 Å². The van der Waals surface area contributed by atoms with Gasteiger partial charge in [-0.25, -0.2) is 9.59 Å². The molecular formula is C40H70O8Si6. The van der Waals surface area contributed by atoms with Gasteiger partial charge in [-0.3, -0.25) is 0 Å². The number of hydrogen-bond acceptors (Lipinski definition) is 8. The topological polar surface area (TPSA) is 89.5 Å². The second-order valence-corrected chi connectivity index (χ2v) is 44.4. The minimum atomic E-state index is -2.58. The molecular weight excluding hydrogens is 777 g/mol. The van der Waals surface area contributed by atoms with E-state index in [1.807, 2.05) is 74.5 Å². The van der Waals surface area contributed by atoms with Crippen molar-refractivity contribution < 1.29 is 35.5 Å². The summed E-state index contributed by atoms with van der Waals surface area (Å²) < 4.78 is 38.6. The van der Waals surface area contributed by atoms with Crippen LogP contribution < -0.4 is 0 Å². The summed E-state index contributed by atoms with van der Waals surface area (Å²) in [5.41, 5.74) is 2.60. The maximum atomic E-state index is 13.9. The van der Waals surface area contributed by atoms with E-state index in [1.54, 1.807) is 12.2 Å². The summed E-state index contributed by atoms with van der Waals surface area (Å²) in [5, 5.41) is 0. The first-order valence-corrected chi connectivity index (χ1v) is 37.9. The highest BCUT2D eigenvalue weighted by atomic mass is 28.5. The van der Waals surface area contributed by atoms with Gasteiger partial charge in [0.15, 0.2) is 33.3 Å². The highest BCUT2D eigenvalue weighted by Gasteiger charge is 2.43. The van der Waals surface area contributed by atoms with E-state index in [2.05, 4.69) is 91.7 Å². The van der Waals surface area contributed by atoms with Gasteiger partial charge >= 0.3 is 29.1 Å². The molecule has 0 spiro atoms. The van der Waals surface area contributed by atoms with Crippen LogP contribution in [0.25, 0.3) is 5.57 Å². The number of hydrogen-bond donors (Lipinski definition) is 0. The Balaban J connectivity index is 2.43. The maximum Gasteiger partial charge on any atom is 0.345 e. The molecule has 2 unspecified atom stereocenters. The average Bonchev–Trinajstić information content (AvgIpc) is 2.97. The second-order valence-electron chi connectivity index (χ2n) is 18.8. The highest BCUT2D eigenvalue weighted by Crippen LogP contribution is 2.30. The van der Waals surface area contributed by atoms with Gasteiger partial charge < -0.3 is 25.9 Å². The van der Waals surface area contributed by atoms with Crippen molar-refractivity contribution in [1.29, 1.82) is 0 Å². The van der Waals surface area contributed by atoms with Crippen molar-refractivity contribution in [3.8, 4) is 0 Å². The van der Waals surface area contributed by atoms with Crippen LogP contribution in [-0.4, -0.2) is 75.5 Å². The Morgan fingerprint density at radius 3 is 1.07 bits per heavy atom. The molecule has 0 aliphatic carbocycles. The molecule has 0 aliphatic rings. The summed E-state index contributed by atoms with van der Waals surface area (Å²) in [6, 6.07) is 21.1. The van der Waals surface area contributed by atoms with E-state index in [9.17, 15) is 9.59 Å². The zero-order valence-electron chi connectivity index (χ0n) is 36.2. The SMILES string of the molecule is CC(COC(=O)C(=CC=C(c1ccccc1)c1ccccc1)C(=O)OCC(C)C[Si](C)(O[Si](C)(C)C)O[Si](C)(C)C)C[Si](C)(O[Si](C)(C)C)O[Si](C)(C)C. The van der Waals surface area contributed by atoms with Crippen LogP contribution in [0.3, 0.4) is 0 Å². The van der Waals surface area contributed by atoms with Crippen molar-refractivity contribution >= 4 is 67.9 Å². The van der Waals surface area contributed by atoms with Crippen LogP contribution in [0.15, 0.2) is 78.4 Å². The molecule has 0 aliphatic heterocycles. The molecule has 0 fully saturated rings. The Morgan fingerprint density at radius 2 is 0.796 bits per heavy atom. The third kappa shape index (κ3) is 19.2. The van der Waals surface area contributed by atoms with Crippen molar-refractivity contribution in [3.05, 3.63) is 89.5 Å². The monoisotopic (exact) mass is 846 g/mol. The minimum Gasteiger partial charge on any atom is -0.462 e. The van der Waals surface area contributed by atoms with Crippen LogP contribution in [0.5, 0.6) is 0 Å². The standard InChI is InChI=1S/C40H70O8Si6/c1-33(31-53(15,45-49(3,4)5)46-50(6,7)8)29-43-39(41)38(28-27-37(35-23-19-17-20-24-35)36-25-21-18-22-26-36)40(42)44-30-34(2)32-54(16,47-51(9,10)11)48-52(12,13)14/h17-28,33-34H,29-32H2,1-16H3. The summed E-state index contributed by atoms with van der Waals surface area (Å²) in [7, 11) is -12.8. The van der Waals surface area contributed by atoms with Crippen molar-refractivity contribution in [2.24, 2.45) is 11.8 Å². The van der Waals surface area contributed by atoms with Crippen molar-refractivity contribution in [2.75, 3.05) is 13.2 Å². The van der Waals surface area contributed by atoms with E-state index in [0.717, 1.165) is 16.7 Å². The van der Waals surface area contributed by atoms with Crippen molar-refractivity contribution in [1.82, 2.24) is 0 Å². The van der Waals surface area contributed by atoms with E-state index >= 15 is 0 Å². The molecule has 2 aromatic carbocycles. The largest absolute Gasteiger partial charge is 0.462 e. The summed E-state index contributed by atoms with van der Waals surface area (Å²) >= 11 is 0. The lowest BCUT2D eigenvalue weighted by Gasteiger charge is -2.39. The molecule has 0 saturated heterocycles. The van der Waals surface area contributed by atoms with Gasteiger partial charge in [0, 0.05) is 0 Å². The Kier molecular flexibility index (Phi) is 17.8. The molecule has 14 heteroatoms. The molecule has 2 rings (SSSR count). The first kappa shape index (κ1) is 48.2. The molecule has 2 aromatic rings. The molecule has 2 atom stereocenters. The minimum absolute atomic E-state index is 0.0456. The molecule has 0 N–H and O–H groups in total. The lowest BCUT2D eigenvalue weighted by molar-refractivity contribution is -0.148. The van der Waals surface area contributed by atoms with Gasteiger partial charge in [-0.1, -0.05) is 80.6 Å². The zero-order valence-corrected chi connectivity index (χ0v) is 42.2. The molecule has 8 nitrogen and oxygen atoms in total. The van der Waals surface area contributed by atoms with E-state index in [0.29, 0.717) is 12.1 Å². The van der Waals surface area contributed by atoms with E-state index < -0.39 is 62.3 Å². The Bertz CT molecular complexity index is 1410. The molecule has 0 heterocycles. The van der Waals surface area contributed by atoms with E-state index in [-0.39, 0.29) is 30.6 Å². The maximum absolute atomic E-state index is 13.9. The number of rotatable bonds is 21. The Labute approximate surface area is 334 Å². The third-order valence-corrected chi connectivity index (χ3v) is 27.1. The fourth-order valence-electron chi connectivity index (χ4n) is 6.75. The van der Waals surface area contributed by atoms with E-state index in [1.165, 1.54) is 0 Å². The first-order valence-electron chi connectivity index (χ1n) is 19.3. The summed E-state index contributed by atoms with van der Waals surface area (Å²) in [5.74, 6) is -1.54. The summed E-state index contributed by atoms with van der Waals surface area (Å²) in [4.78, 5) is 27.8. The Morgan fingerprint density at radius 1 is 0.500 bits per heavy atom. The normalized spacial score (nSPS) is 14.1. The second kappa shape index (κ2) is 19.9. The Hall–Kier alpha value is -2.00. The van der Waals surface area contributed by atoms with Crippen LogP contribution in [0, 0.1) is 11.8 Å². The number of benzene rings is 2. The van der Waals surface area contributed by atoms with Crippen LogP contribution in [-0.2, 0) is 35.5 Å². The zero-order chi connectivity index (χ0) is 41.2. The predicted molar refractivity (Wildman–Crippen MR) is 239 cm³/mol. The van der Waals surface area contributed by atoms with Crippen molar-refractivity contribution in [3.63, 3.8) is 0 Å². The molecule has 0 amide bonds. The molecule has 0 radical (unpaired) electrons. The van der Waals surface area contributed by atoms with Gasteiger partial charge in [-0.05, 0) is 138 Å². The van der Waals surface area contributed by atoms with Gasteiger partial charge in [0.05, 0.1) is 13.2 Å². The fourth-order valence-corrected chi connectivity index (χ4v) is 32.7. The van der Waals surface area contributed by atoms with Gasteiger partial charge in [0.2, 0.25) is 0 Å². The highest BCUT2D eigenvalue weighted by molar-refractivity contribution is 6.88. The third-order valence-electron chi connectivity index (χ3n) is 7.55. The van der Waals surface area contributed by atoms with Crippen LogP contribution in [0.4, 0.5) is 0 Å². The number of ether oxygens (including phenoxy) is 2. The lowest BCUT2D eigenvalue weighted by Crippen LogP contribution is -2.53. The number of esters is 2. The van der Waals surface area contributed by atoms with Crippen LogP contribution >= 0.6 is 0 Å². The molecule has 0 saturated carbocycles. The van der Waals surface area contributed by atoms with Gasteiger partial charge in [0.1, 0.15) is 5.57 Å². The summed E-state index contributed by atoms with van der Waals surface area (Å²) in [6.07, 6.45) is 3.34. The number of carbonyl (C=O) groups is 2. The van der Waals surface area contributed by atoms with Gasteiger partial charge in [0.25, 0.3) is 0 Å². The molecule has 0 aromatic heterocycles.